The van der Waals surface area contributed by atoms with E-state index in [2.05, 4.69) is 5.32 Å². The van der Waals surface area contributed by atoms with E-state index in [0.29, 0.717) is 5.75 Å². The molecule has 2 heteroatoms. The first-order chi connectivity index (χ1) is 5.74. The van der Waals surface area contributed by atoms with Gasteiger partial charge in [0, 0.05) is 12.7 Å². The van der Waals surface area contributed by atoms with E-state index in [4.69, 9.17) is 5.11 Å². The summed E-state index contributed by atoms with van der Waals surface area (Å²) < 4.78 is 0. The van der Waals surface area contributed by atoms with Crippen molar-refractivity contribution in [2.45, 2.75) is 20.8 Å². The number of hydrogen-bond acceptors (Lipinski definition) is 2. The summed E-state index contributed by atoms with van der Waals surface area (Å²) in [5, 5.41) is 12.0. The van der Waals surface area contributed by atoms with E-state index >= 15 is 0 Å². The highest BCUT2D eigenvalue weighted by atomic mass is 16.3. The maximum atomic E-state index is 9.01. The third-order valence-corrected chi connectivity index (χ3v) is 1.48. The molecule has 0 fully saturated rings. The molecule has 0 saturated carbocycles. The van der Waals surface area contributed by atoms with Gasteiger partial charge in [0.05, 0.1) is 0 Å². The molecule has 0 bridgehead atoms. The number of benzene rings is 1. The molecule has 0 unspecified atom stereocenters. The van der Waals surface area contributed by atoms with Crippen molar-refractivity contribution >= 4 is 5.69 Å². The number of phenols is 1. The molecule has 0 amide bonds. The van der Waals surface area contributed by atoms with Gasteiger partial charge in [-0.1, -0.05) is 13.8 Å². The van der Waals surface area contributed by atoms with Crippen molar-refractivity contribution < 1.29 is 5.11 Å². The smallest absolute Gasteiger partial charge is 0.115 e. The zero-order valence-corrected chi connectivity index (χ0v) is 8.18. The van der Waals surface area contributed by atoms with E-state index < -0.39 is 0 Å². The summed E-state index contributed by atoms with van der Waals surface area (Å²) in [6.07, 6.45) is 0. The van der Waals surface area contributed by atoms with Gasteiger partial charge in [-0.05, 0) is 30.7 Å². The monoisotopic (exact) mass is 167 g/mol. The van der Waals surface area contributed by atoms with Crippen LogP contribution in [0.2, 0.25) is 0 Å². The van der Waals surface area contributed by atoms with Crippen molar-refractivity contribution in [1.82, 2.24) is 0 Å². The molecule has 0 aliphatic rings. The molecule has 1 rings (SSSR count). The van der Waals surface area contributed by atoms with Gasteiger partial charge in [0.25, 0.3) is 0 Å². The Bertz CT molecular complexity index is 233. The van der Waals surface area contributed by atoms with E-state index in [-0.39, 0.29) is 0 Å². The summed E-state index contributed by atoms with van der Waals surface area (Å²) in [6, 6.07) is 5.25. The van der Waals surface area contributed by atoms with Gasteiger partial charge < -0.3 is 10.4 Å². The van der Waals surface area contributed by atoms with Crippen LogP contribution < -0.4 is 5.32 Å². The highest BCUT2D eigenvalue weighted by Crippen LogP contribution is 2.18. The molecule has 0 heterocycles. The van der Waals surface area contributed by atoms with Crippen molar-refractivity contribution in [2.75, 3.05) is 12.4 Å². The van der Waals surface area contributed by atoms with Crippen molar-refractivity contribution in [3.8, 4) is 5.75 Å². The van der Waals surface area contributed by atoms with Gasteiger partial charge in [-0.25, -0.2) is 0 Å². The topological polar surface area (TPSA) is 32.3 Å². The summed E-state index contributed by atoms with van der Waals surface area (Å²) >= 11 is 0. The van der Waals surface area contributed by atoms with Gasteiger partial charge >= 0.3 is 0 Å². The first kappa shape index (κ1) is 10.8. The lowest BCUT2D eigenvalue weighted by Gasteiger charge is -2.03. The van der Waals surface area contributed by atoms with Crippen LogP contribution in [0.3, 0.4) is 0 Å². The van der Waals surface area contributed by atoms with Gasteiger partial charge in [0.2, 0.25) is 0 Å². The minimum absolute atomic E-state index is 0.316. The number of hydrogen-bond donors (Lipinski definition) is 2. The van der Waals surface area contributed by atoms with Crippen LogP contribution in [0, 0.1) is 6.92 Å². The average molecular weight is 167 g/mol. The van der Waals surface area contributed by atoms with Crippen molar-refractivity contribution in [3.05, 3.63) is 23.8 Å². The molecule has 0 saturated heterocycles. The molecule has 68 valence electrons. The number of anilines is 1. The highest BCUT2D eigenvalue weighted by Gasteiger charge is 1.94. The minimum Gasteiger partial charge on any atom is -0.508 e. The van der Waals surface area contributed by atoms with Crippen molar-refractivity contribution in [2.24, 2.45) is 0 Å². The van der Waals surface area contributed by atoms with Crippen molar-refractivity contribution in [3.63, 3.8) is 0 Å². The van der Waals surface area contributed by atoms with Gasteiger partial charge in [0.15, 0.2) is 0 Å². The number of rotatable bonds is 1. The third kappa shape index (κ3) is 2.82. The number of aromatic hydroxyl groups is 1. The van der Waals surface area contributed by atoms with Crippen LogP contribution in [-0.2, 0) is 0 Å². The van der Waals surface area contributed by atoms with E-state index in [1.807, 2.05) is 33.9 Å². The second-order valence-electron chi connectivity index (χ2n) is 2.25. The summed E-state index contributed by atoms with van der Waals surface area (Å²) in [6.45, 7) is 5.95. The maximum absolute atomic E-state index is 9.01. The second-order valence-corrected chi connectivity index (χ2v) is 2.25. The Balaban J connectivity index is 0.000000561. The fourth-order valence-corrected chi connectivity index (χ4v) is 0.928. The standard InChI is InChI=1S/C8H11NO.C2H6/c1-6-5-7(10)3-4-8(6)9-2;1-2/h3-5,9-10H,1-2H3;1-2H3. The zero-order valence-electron chi connectivity index (χ0n) is 8.18. The lowest BCUT2D eigenvalue weighted by molar-refractivity contribution is 0.475. The molecule has 12 heavy (non-hydrogen) atoms. The van der Waals surface area contributed by atoms with Gasteiger partial charge in [0.1, 0.15) is 5.75 Å². The summed E-state index contributed by atoms with van der Waals surface area (Å²) in [5.41, 5.74) is 2.11. The predicted octanol–water partition coefficient (Wildman–Crippen LogP) is 2.77. The first-order valence-corrected chi connectivity index (χ1v) is 4.21. The molecule has 2 nitrogen and oxygen atoms in total. The Morgan fingerprint density at radius 1 is 1.25 bits per heavy atom. The predicted molar refractivity (Wildman–Crippen MR) is 53.7 cm³/mol. The van der Waals surface area contributed by atoms with Crippen molar-refractivity contribution in [1.29, 1.82) is 0 Å². The van der Waals surface area contributed by atoms with E-state index in [1.165, 1.54) is 0 Å². The normalized spacial score (nSPS) is 8.33. The van der Waals surface area contributed by atoms with Gasteiger partial charge in [-0.2, -0.15) is 0 Å². The molecule has 0 radical (unpaired) electrons. The van der Waals surface area contributed by atoms with Gasteiger partial charge in [-0.15, -0.1) is 0 Å². The minimum atomic E-state index is 0.316. The Labute approximate surface area is 74.2 Å². The number of aryl methyl sites for hydroxylation is 1. The molecule has 0 aliphatic heterocycles. The number of phenolic OH excluding ortho intramolecular Hbond substituents is 1. The third-order valence-electron chi connectivity index (χ3n) is 1.48. The van der Waals surface area contributed by atoms with Crippen LogP contribution in [-0.4, -0.2) is 12.2 Å². The Morgan fingerprint density at radius 2 is 1.83 bits per heavy atom. The lowest BCUT2D eigenvalue weighted by Crippen LogP contribution is -1.89. The Morgan fingerprint density at radius 3 is 2.25 bits per heavy atom. The van der Waals surface area contributed by atoms with Crippen LogP contribution in [0.4, 0.5) is 5.69 Å². The summed E-state index contributed by atoms with van der Waals surface area (Å²) in [5.74, 6) is 0.316. The largest absolute Gasteiger partial charge is 0.508 e. The van der Waals surface area contributed by atoms with E-state index in [0.717, 1.165) is 11.3 Å². The van der Waals surface area contributed by atoms with E-state index in [1.54, 1.807) is 12.1 Å². The molecule has 0 atom stereocenters. The van der Waals surface area contributed by atoms with Crippen LogP contribution in [0.25, 0.3) is 0 Å². The zero-order chi connectivity index (χ0) is 9.56. The molecule has 1 aromatic rings. The quantitative estimate of drug-likeness (QED) is 0.630. The van der Waals surface area contributed by atoms with Crippen LogP contribution in [0.5, 0.6) is 5.75 Å². The molecule has 0 spiro atoms. The SMILES string of the molecule is CC.CNc1ccc(O)cc1C. The highest BCUT2D eigenvalue weighted by molar-refractivity contribution is 5.52. The Hall–Kier alpha value is -1.18. The molecular weight excluding hydrogens is 150 g/mol. The molecule has 0 aromatic heterocycles. The number of nitrogens with one attached hydrogen (secondary N) is 1. The average Bonchev–Trinajstić information content (AvgIpc) is 2.08. The fourth-order valence-electron chi connectivity index (χ4n) is 0.928. The van der Waals surface area contributed by atoms with Crippen LogP contribution in [0.15, 0.2) is 18.2 Å². The van der Waals surface area contributed by atoms with Crippen LogP contribution >= 0.6 is 0 Å². The van der Waals surface area contributed by atoms with E-state index in [9.17, 15) is 0 Å². The second kappa shape index (κ2) is 5.47. The molecular formula is C10H17NO. The van der Waals surface area contributed by atoms with Crippen LogP contribution in [0.1, 0.15) is 19.4 Å². The molecule has 2 N–H and O–H groups in total. The first-order valence-electron chi connectivity index (χ1n) is 4.21. The lowest BCUT2D eigenvalue weighted by atomic mass is 10.2. The maximum Gasteiger partial charge on any atom is 0.115 e. The van der Waals surface area contributed by atoms with Gasteiger partial charge in [-0.3, -0.25) is 0 Å². The summed E-state index contributed by atoms with van der Waals surface area (Å²) in [4.78, 5) is 0. The summed E-state index contributed by atoms with van der Waals surface area (Å²) in [7, 11) is 1.86. The fraction of sp³-hybridized carbons (Fsp3) is 0.400. The molecule has 1 aromatic carbocycles. The molecule has 0 aliphatic carbocycles. The Kier molecular flexibility index (Phi) is 4.93.